The van der Waals surface area contributed by atoms with Crippen molar-refractivity contribution in [2.75, 3.05) is 0 Å². The van der Waals surface area contributed by atoms with Gasteiger partial charge in [0.15, 0.2) is 0 Å². The first-order valence-corrected chi connectivity index (χ1v) is 7.54. The molecule has 1 aromatic rings. The summed E-state index contributed by atoms with van der Waals surface area (Å²) in [6.45, 7) is 2.25. The van der Waals surface area contributed by atoms with Crippen molar-refractivity contribution in [1.82, 2.24) is 0 Å². The van der Waals surface area contributed by atoms with Crippen molar-refractivity contribution in [2.24, 2.45) is 0 Å². The molecule has 0 N–H and O–H groups in total. The van der Waals surface area contributed by atoms with E-state index in [1.54, 1.807) is 0 Å². The summed E-state index contributed by atoms with van der Waals surface area (Å²) in [4.78, 5) is 0. The molecule has 0 aromatic heterocycles. The fraction of sp³-hybridized carbons (Fsp3) is 0.533. The molecule has 2 heteroatoms. The molecule has 0 unspecified atom stereocenters. The second-order valence-corrected chi connectivity index (χ2v) is 5.60. The number of rotatable bonds is 7. The van der Waals surface area contributed by atoms with Gasteiger partial charge < -0.3 is 0 Å². The highest BCUT2D eigenvalue weighted by Gasteiger charge is 2.01. The highest BCUT2D eigenvalue weighted by molar-refractivity contribution is 14.1. The van der Waals surface area contributed by atoms with Crippen LogP contribution < -0.4 is 0 Å². The molecule has 0 aliphatic carbocycles. The normalized spacial score (nSPS) is 10.2. The predicted molar refractivity (Wildman–Crippen MR) is 81.0 cm³/mol. The summed E-state index contributed by atoms with van der Waals surface area (Å²) < 4.78 is 1.29. The molecule has 0 aliphatic rings. The molecule has 0 amide bonds. The molecule has 0 saturated carbocycles. The van der Waals surface area contributed by atoms with E-state index in [2.05, 4.69) is 35.6 Å². The predicted octanol–water partition coefficient (Wildman–Crippen LogP) is 5.07. The van der Waals surface area contributed by atoms with Gasteiger partial charge in [-0.15, -0.1) is 0 Å². The third-order valence-corrected chi connectivity index (χ3v) is 4.03. The minimum Gasteiger partial charge on any atom is -0.192 e. The highest BCUT2D eigenvalue weighted by Crippen LogP contribution is 2.17. The van der Waals surface area contributed by atoms with Crippen molar-refractivity contribution in [3.05, 3.63) is 32.9 Å². The number of nitriles is 1. The van der Waals surface area contributed by atoms with Crippen molar-refractivity contribution in [1.29, 1.82) is 5.26 Å². The zero-order valence-corrected chi connectivity index (χ0v) is 12.7. The Morgan fingerprint density at radius 2 is 1.82 bits per heavy atom. The fourth-order valence-electron chi connectivity index (χ4n) is 1.93. The first kappa shape index (κ1) is 14.5. The number of halogens is 1. The van der Waals surface area contributed by atoms with Crippen LogP contribution in [0.15, 0.2) is 18.2 Å². The lowest BCUT2D eigenvalue weighted by molar-refractivity contribution is 0.607. The second-order valence-electron chi connectivity index (χ2n) is 4.44. The van der Waals surface area contributed by atoms with Crippen LogP contribution in [0.3, 0.4) is 0 Å². The van der Waals surface area contributed by atoms with Crippen LogP contribution in [-0.2, 0) is 6.42 Å². The average molecular weight is 341 g/mol. The largest absolute Gasteiger partial charge is 0.192 e. The molecule has 1 rings (SSSR count). The highest BCUT2D eigenvalue weighted by atomic mass is 127. The number of benzene rings is 1. The smallest absolute Gasteiger partial charge is 0.0991 e. The van der Waals surface area contributed by atoms with Gasteiger partial charge in [-0.1, -0.05) is 39.0 Å². The van der Waals surface area contributed by atoms with Gasteiger partial charge in [0, 0.05) is 3.57 Å². The molecule has 0 fully saturated rings. The first-order valence-electron chi connectivity index (χ1n) is 6.46. The Morgan fingerprint density at radius 1 is 1.12 bits per heavy atom. The third-order valence-electron chi connectivity index (χ3n) is 2.97. The topological polar surface area (TPSA) is 23.8 Å². The first-order chi connectivity index (χ1) is 8.27. The molecular formula is C15H20IN. The standard InChI is InChI=1S/C15H20IN/c1-2-3-4-5-6-7-8-14-11-13(12-17)9-10-15(14)16/h9-11H,2-8H2,1H3. The van der Waals surface area contributed by atoms with Crippen LogP contribution in [0.2, 0.25) is 0 Å². The van der Waals surface area contributed by atoms with E-state index in [9.17, 15) is 0 Å². The molecular weight excluding hydrogens is 321 g/mol. The van der Waals surface area contributed by atoms with E-state index in [1.165, 1.54) is 47.7 Å². The molecule has 1 aromatic carbocycles. The summed E-state index contributed by atoms with van der Waals surface area (Å²) in [6.07, 6.45) is 9.05. The molecule has 0 heterocycles. The van der Waals surface area contributed by atoms with E-state index in [0.29, 0.717) is 0 Å². The Morgan fingerprint density at radius 3 is 2.53 bits per heavy atom. The quantitative estimate of drug-likeness (QED) is 0.502. The van der Waals surface area contributed by atoms with Crippen LogP contribution in [0.5, 0.6) is 0 Å². The van der Waals surface area contributed by atoms with E-state index >= 15 is 0 Å². The van der Waals surface area contributed by atoms with Gasteiger partial charge in [0.25, 0.3) is 0 Å². The Labute approximate surface area is 118 Å². The molecule has 1 nitrogen and oxygen atoms in total. The number of aryl methyl sites for hydroxylation is 1. The summed E-state index contributed by atoms with van der Waals surface area (Å²) in [5.41, 5.74) is 2.12. The fourth-order valence-corrected chi connectivity index (χ4v) is 2.54. The maximum absolute atomic E-state index is 8.87. The van der Waals surface area contributed by atoms with E-state index in [-0.39, 0.29) is 0 Å². The molecule has 0 spiro atoms. The van der Waals surface area contributed by atoms with Gasteiger partial charge in [0.2, 0.25) is 0 Å². The number of unbranched alkanes of at least 4 members (excludes halogenated alkanes) is 5. The molecule has 0 atom stereocenters. The van der Waals surface area contributed by atoms with Crippen LogP contribution in [0.1, 0.15) is 56.6 Å². The van der Waals surface area contributed by atoms with Crippen molar-refractivity contribution < 1.29 is 0 Å². The Kier molecular flexibility index (Phi) is 7.27. The van der Waals surface area contributed by atoms with Crippen molar-refractivity contribution in [2.45, 2.75) is 51.9 Å². The van der Waals surface area contributed by atoms with Crippen LogP contribution in [0.25, 0.3) is 0 Å². The molecule has 0 aliphatic heterocycles. The SMILES string of the molecule is CCCCCCCCc1cc(C#N)ccc1I. The second kappa shape index (κ2) is 8.52. The van der Waals surface area contributed by atoms with E-state index in [4.69, 9.17) is 5.26 Å². The van der Waals surface area contributed by atoms with Gasteiger partial charge in [0.1, 0.15) is 0 Å². The Balaban J connectivity index is 2.33. The molecule has 0 bridgehead atoms. The third kappa shape index (κ3) is 5.54. The van der Waals surface area contributed by atoms with E-state index < -0.39 is 0 Å². The van der Waals surface area contributed by atoms with E-state index in [0.717, 1.165) is 12.0 Å². The van der Waals surface area contributed by atoms with Crippen molar-refractivity contribution in [3.63, 3.8) is 0 Å². The molecule has 0 radical (unpaired) electrons. The summed E-state index contributed by atoms with van der Waals surface area (Å²) in [7, 11) is 0. The van der Waals surface area contributed by atoms with Gasteiger partial charge in [0.05, 0.1) is 11.6 Å². The monoisotopic (exact) mass is 341 g/mol. The maximum Gasteiger partial charge on any atom is 0.0991 e. The molecule has 0 saturated heterocycles. The average Bonchev–Trinajstić information content (AvgIpc) is 2.35. The van der Waals surface area contributed by atoms with Crippen LogP contribution in [0.4, 0.5) is 0 Å². The number of hydrogen-bond donors (Lipinski definition) is 0. The van der Waals surface area contributed by atoms with Gasteiger partial charge in [-0.05, 0) is 59.2 Å². The van der Waals surface area contributed by atoms with Crippen molar-refractivity contribution in [3.8, 4) is 6.07 Å². The van der Waals surface area contributed by atoms with Gasteiger partial charge in [-0.25, -0.2) is 0 Å². The summed E-state index contributed by atoms with van der Waals surface area (Å²) >= 11 is 2.36. The van der Waals surface area contributed by atoms with Gasteiger partial charge in [-0.2, -0.15) is 5.26 Å². The van der Waals surface area contributed by atoms with Gasteiger partial charge >= 0.3 is 0 Å². The molecule has 17 heavy (non-hydrogen) atoms. The van der Waals surface area contributed by atoms with Crippen LogP contribution in [0, 0.1) is 14.9 Å². The summed E-state index contributed by atoms with van der Waals surface area (Å²) in [6, 6.07) is 8.19. The minimum absolute atomic E-state index is 0.784. The lowest BCUT2D eigenvalue weighted by atomic mass is 10.0. The van der Waals surface area contributed by atoms with Crippen LogP contribution >= 0.6 is 22.6 Å². The van der Waals surface area contributed by atoms with E-state index in [1.807, 2.05) is 18.2 Å². The number of hydrogen-bond acceptors (Lipinski definition) is 1. The zero-order chi connectivity index (χ0) is 12.5. The van der Waals surface area contributed by atoms with Gasteiger partial charge in [-0.3, -0.25) is 0 Å². The lowest BCUT2D eigenvalue weighted by Crippen LogP contribution is -1.91. The maximum atomic E-state index is 8.87. The summed E-state index contributed by atoms with van der Waals surface area (Å²) in [5, 5.41) is 8.87. The number of nitrogens with zero attached hydrogens (tertiary/aromatic N) is 1. The molecule has 92 valence electrons. The van der Waals surface area contributed by atoms with Crippen LogP contribution in [-0.4, -0.2) is 0 Å². The zero-order valence-electron chi connectivity index (χ0n) is 10.5. The minimum atomic E-state index is 0.784. The van der Waals surface area contributed by atoms with Crippen molar-refractivity contribution >= 4 is 22.6 Å². The summed E-state index contributed by atoms with van der Waals surface area (Å²) in [5.74, 6) is 0. The Hall–Kier alpha value is -0.560. The lowest BCUT2D eigenvalue weighted by Gasteiger charge is -2.05. The Bertz CT molecular complexity index is 379.